The summed E-state index contributed by atoms with van der Waals surface area (Å²) < 4.78 is 13.1. The van der Waals surface area contributed by atoms with Gasteiger partial charge in [-0.3, -0.25) is 4.68 Å². The van der Waals surface area contributed by atoms with Gasteiger partial charge in [-0.25, -0.2) is 0 Å². The van der Waals surface area contributed by atoms with Gasteiger partial charge in [0.1, 0.15) is 0 Å². The molecule has 90 valence electrons. The van der Waals surface area contributed by atoms with Crippen LogP contribution in [0.15, 0.2) is 18.5 Å². The van der Waals surface area contributed by atoms with Crippen LogP contribution < -0.4 is 5.32 Å². The average Bonchev–Trinajstić information content (AvgIpc) is 2.77. The molecule has 0 amide bonds. The molecule has 1 aliphatic heterocycles. The lowest BCUT2D eigenvalue weighted by Crippen LogP contribution is -2.45. The van der Waals surface area contributed by atoms with Gasteiger partial charge in [-0.2, -0.15) is 5.10 Å². The highest BCUT2D eigenvalue weighted by atomic mass is 16.5. The second-order valence-electron chi connectivity index (χ2n) is 4.07. The molecule has 1 N–H and O–H groups in total. The normalized spacial score (nSPS) is 25.8. The zero-order chi connectivity index (χ0) is 11.2. The van der Waals surface area contributed by atoms with E-state index in [0.717, 1.165) is 19.6 Å². The molecular formula is C11H19N3O2. The third kappa shape index (κ3) is 3.59. The van der Waals surface area contributed by atoms with Crippen molar-refractivity contribution < 1.29 is 9.47 Å². The van der Waals surface area contributed by atoms with Crippen LogP contribution in [0, 0.1) is 0 Å². The molecule has 1 aromatic rings. The van der Waals surface area contributed by atoms with Crippen LogP contribution in [0.1, 0.15) is 6.92 Å². The monoisotopic (exact) mass is 225 g/mol. The molecule has 1 saturated heterocycles. The maximum absolute atomic E-state index is 5.71. The first kappa shape index (κ1) is 11.6. The Balaban J connectivity index is 1.57. The van der Waals surface area contributed by atoms with Gasteiger partial charge in [-0.1, -0.05) is 0 Å². The summed E-state index contributed by atoms with van der Waals surface area (Å²) in [6.07, 6.45) is 4.18. The summed E-state index contributed by atoms with van der Waals surface area (Å²) in [7, 11) is 0. The van der Waals surface area contributed by atoms with Crippen molar-refractivity contribution in [2.75, 3.05) is 26.3 Å². The summed E-state index contributed by atoms with van der Waals surface area (Å²) in [5.41, 5.74) is 0. The van der Waals surface area contributed by atoms with E-state index in [9.17, 15) is 0 Å². The number of aromatic nitrogens is 2. The Kier molecular flexibility index (Phi) is 4.33. The Labute approximate surface area is 95.7 Å². The Morgan fingerprint density at radius 1 is 1.56 bits per heavy atom. The Hall–Kier alpha value is -0.910. The Morgan fingerprint density at radius 3 is 3.25 bits per heavy atom. The van der Waals surface area contributed by atoms with E-state index in [1.54, 1.807) is 6.20 Å². The fraction of sp³-hybridized carbons (Fsp3) is 0.727. The molecule has 0 spiro atoms. The van der Waals surface area contributed by atoms with E-state index < -0.39 is 0 Å². The molecule has 2 heterocycles. The largest absolute Gasteiger partial charge is 0.377 e. The first-order valence-electron chi connectivity index (χ1n) is 5.76. The molecule has 5 heteroatoms. The fourth-order valence-corrected chi connectivity index (χ4v) is 1.78. The van der Waals surface area contributed by atoms with Gasteiger partial charge in [-0.05, 0) is 13.0 Å². The Bertz CT molecular complexity index is 289. The predicted octanol–water partition coefficient (Wildman–Crippen LogP) is 0.277. The van der Waals surface area contributed by atoms with E-state index in [1.807, 2.05) is 16.9 Å². The number of nitrogens with one attached hydrogen (secondary N) is 1. The highest BCUT2D eigenvalue weighted by Gasteiger charge is 2.18. The number of morpholine rings is 1. The number of hydrogen-bond acceptors (Lipinski definition) is 4. The van der Waals surface area contributed by atoms with Gasteiger partial charge >= 0.3 is 0 Å². The first-order valence-corrected chi connectivity index (χ1v) is 5.76. The van der Waals surface area contributed by atoms with Crippen LogP contribution in [-0.2, 0) is 16.0 Å². The minimum atomic E-state index is 0.182. The molecule has 2 atom stereocenters. The van der Waals surface area contributed by atoms with Crippen LogP contribution >= 0.6 is 0 Å². The van der Waals surface area contributed by atoms with Crippen LogP contribution in [0.25, 0.3) is 0 Å². The van der Waals surface area contributed by atoms with E-state index in [2.05, 4.69) is 17.3 Å². The van der Waals surface area contributed by atoms with Crippen LogP contribution in [0.4, 0.5) is 0 Å². The van der Waals surface area contributed by atoms with Crippen molar-refractivity contribution in [3.63, 3.8) is 0 Å². The zero-order valence-electron chi connectivity index (χ0n) is 9.63. The van der Waals surface area contributed by atoms with Crippen LogP contribution in [0.5, 0.6) is 0 Å². The summed E-state index contributed by atoms with van der Waals surface area (Å²) >= 11 is 0. The molecule has 1 aromatic heterocycles. The number of nitrogens with zero attached hydrogens (tertiary/aromatic N) is 2. The Morgan fingerprint density at radius 2 is 2.50 bits per heavy atom. The van der Waals surface area contributed by atoms with Gasteiger partial charge in [-0.15, -0.1) is 0 Å². The lowest BCUT2D eigenvalue weighted by atomic mass is 10.2. The molecule has 16 heavy (non-hydrogen) atoms. The minimum absolute atomic E-state index is 0.182. The molecule has 5 nitrogen and oxygen atoms in total. The first-order chi connectivity index (χ1) is 7.84. The van der Waals surface area contributed by atoms with Gasteiger partial charge in [0.2, 0.25) is 0 Å². The second kappa shape index (κ2) is 5.98. The van der Waals surface area contributed by atoms with Crippen LogP contribution in [-0.4, -0.2) is 48.3 Å². The topological polar surface area (TPSA) is 48.3 Å². The molecule has 0 saturated carbocycles. The standard InChI is InChI=1S/C11H19N3O2/c1-10-7-12-8-11(16-10)9-15-6-5-14-4-2-3-13-14/h2-4,10-12H,5-9H2,1H3. The van der Waals surface area contributed by atoms with Crippen LogP contribution in [0.3, 0.4) is 0 Å². The molecule has 0 bridgehead atoms. The number of hydrogen-bond donors (Lipinski definition) is 1. The summed E-state index contributed by atoms with van der Waals surface area (Å²) in [5, 5.41) is 7.42. The van der Waals surface area contributed by atoms with Gasteiger partial charge in [0.05, 0.1) is 32.0 Å². The maximum Gasteiger partial charge on any atom is 0.0936 e. The molecule has 0 aliphatic carbocycles. The van der Waals surface area contributed by atoms with E-state index in [-0.39, 0.29) is 12.2 Å². The predicted molar refractivity (Wildman–Crippen MR) is 60.3 cm³/mol. The molecule has 0 aromatic carbocycles. The summed E-state index contributed by atoms with van der Waals surface area (Å²) in [6.45, 7) is 6.01. The SMILES string of the molecule is CC1CNCC(COCCn2cccn2)O1. The van der Waals surface area contributed by atoms with Crippen molar-refractivity contribution >= 4 is 0 Å². The minimum Gasteiger partial charge on any atom is -0.377 e. The summed E-state index contributed by atoms with van der Waals surface area (Å²) in [5.74, 6) is 0. The number of rotatable bonds is 5. The lowest BCUT2D eigenvalue weighted by Gasteiger charge is -2.28. The highest BCUT2D eigenvalue weighted by Crippen LogP contribution is 2.03. The van der Waals surface area contributed by atoms with E-state index in [4.69, 9.17) is 9.47 Å². The van der Waals surface area contributed by atoms with Crippen molar-refractivity contribution in [2.24, 2.45) is 0 Å². The van der Waals surface area contributed by atoms with E-state index >= 15 is 0 Å². The van der Waals surface area contributed by atoms with Crippen molar-refractivity contribution in [3.05, 3.63) is 18.5 Å². The number of ether oxygens (including phenoxy) is 2. The highest BCUT2D eigenvalue weighted by molar-refractivity contribution is 4.77. The average molecular weight is 225 g/mol. The van der Waals surface area contributed by atoms with Gasteiger partial charge in [0.15, 0.2) is 0 Å². The molecule has 2 rings (SSSR count). The van der Waals surface area contributed by atoms with Gasteiger partial charge in [0.25, 0.3) is 0 Å². The molecule has 0 radical (unpaired) electrons. The van der Waals surface area contributed by atoms with Crippen molar-refractivity contribution in [3.8, 4) is 0 Å². The van der Waals surface area contributed by atoms with Gasteiger partial charge in [0, 0.05) is 25.5 Å². The lowest BCUT2D eigenvalue weighted by molar-refractivity contribution is -0.0695. The molecule has 1 aliphatic rings. The van der Waals surface area contributed by atoms with Crippen LogP contribution in [0.2, 0.25) is 0 Å². The van der Waals surface area contributed by atoms with Gasteiger partial charge < -0.3 is 14.8 Å². The smallest absolute Gasteiger partial charge is 0.0936 e. The maximum atomic E-state index is 5.71. The second-order valence-corrected chi connectivity index (χ2v) is 4.07. The third-order valence-corrected chi connectivity index (χ3v) is 2.56. The van der Waals surface area contributed by atoms with Crippen molar-refractivity contribution in [2.45, 2.75) is 25.7 Å². The molecular weight excluding hydrogens is 206 g/mol. The van der Waals surface area contributed by atoms with E-state index in [1.165, 1.54) is 0 Å². The quantitative estimate of drug-likeness (QED) is 0.731. The fourth-order valence-electron chi connectivity index (χ4n) is 1.78. The molecule has 1 fully saturated rings. The summed E-state index contributed by atoms with van der Waals surface area (Å²) in [6, 6.07) is 1.91. The third-order valence-electron chi connectivity index (χ3n) is 2.56. The van der Waals surface area contributed by atoms with E-state index in [0.29, 0.717) is 13.2 Å². The summed E-state index contributed by atoms with van der Waals surface area (Å²) in [4.78, 5) is 0. The van der Waals surface area contributed by atoms with Crippen molar-refractivity contribution in [1.82, 2.24) is 15.1 Å². The van der Waals surface area contributed by atoms with Crippen molar-refractivity contribution in [1.29, 1.82) is 0 Å². The zero-order valence-corrected chi connectivity index (χ0v) is 9.63. The molecule has 2 unspecified atom stereocenters.